The van der Waals surface area contributed by atoms with Crippen LogP contribution in [0.1, 0.15) is 0 Å². The molecule has 2 rings (SSSR count). The number of aromatic nitrogens is 1. The van der Waals surface area contributed by atoms with E-state index in [2.05, 4.69) is 17.5 Å². The maximum absolute atomic E-state index is 5.18. The number of anilines is 1. The second kappa shape index (κ2) is 3.53. The van der Waals surface area contributed by atoms with Crippen molar-refractivity contribution in [3.8, 4) is 0 Å². The van der Waals surface area contributed by atoms with Crippen molar-refractivity contribution in [2.45, 2.75) is 5.50 Å². The van der Waals surface area contributed by atoms with Crippen LogP contribution in [0.15, 0.2) is 24.4 Å². The van der Waals surface area contributed by atoms with Crippen molar-refractivity contribution in [2.75, 3.05) is 18.7 Å². The van der Waals surface area contributed by atoms with E-state index in [1.807, 2.05) is 23.2 Å². The Morgan fingerprint density at radius 2 is 2.54 bits per heavy atom. The lowest BCUT2D eigenvalue weighted by Gasteiger charge is -2.18. The summed E-state index contributed by atoms with van der Waals surface area (Å²) in [5, 5.41) is 1.98. The van der Waals surface area contributed by atoms with Crippen molar-refractivity contribution in [3.63, 3.8) is 0 Å². The molecule has 1 aromatic heterocycles. The second-order valence-corrected chi connectivity index (χ2v) is 3.60. The molecular weight excluding hydrogens is 184 g/mol. The van der Waals surface area contributed by atoms with Crippen molar-refractivity contribution in [1.29, 1.82) is 0 Å². The zero-order chi connectivity index (χ0) is 9.26. The van der Waals surface area contributed by atoms with Gasteiger partial charge >= 0.3 is 0 Å². The first kappa shape index (κ1) is 8.80. The highest BCUT2D eigenvalue weighted by Gasteiger charge is 2.22. The Labute approximate surface area is 82.9 Å². The normalized spacial score (nSPS) is 28.0. The predicted octanol–water partition coefficient (Wildman–Crippen LogP) is -1.29. The van der Waals surface area contributed by atoms with E-state index in [0.29, 0.717) is 0 Å². The Morgan fingerprint density at radius 1 is 1.69 bits per heavy atom. The fraction of sp³-hybridized carbons (Fsp3) is 0.375. The van der Waals surface area contributed by atoms with E-state index in [1.165, 1.54) is 4.90 Å². The molecule has 1 aromatic rings. The van der Waals surface area contributed by atoms with Crippen LogP contribution >= 0.6 is 0 Å². The van der Waals surface area contributed by atoms with Gasteiger partial charge in [0, 0.05) is 11.7 Å². The third kappa shape index (κ3) is 1.77. The zero-order valence-corrected chi connectivity index (χ0v) is 8.21. The van der Waals surface area contributed by atoms with E-state index >= 15 is 0 Å². The highest BCUT2D eigenvalue weighted by molar-refractivity contribution is 7.59. The maximum Gasteiger partial charge on any atom is 0.168 e. The average Bonchev–Trinajstić information content (AvgIpc) is 2.49. The van der Waals surface area contributed by atoms with E-state index < -0.39 is 0 Å². The smallest absolute Gasteiger partial charge is 0.168 e. The molecule has 0 saturated carbocycles. The first-order valence-corrected chi connectivity index (χ1v) is 4.67. The number of nitrogens with zero attached hydrogens (tertiary/aromatic N) is 2. The van der Waals surface area contributed by atoms with Crippen LogP contribution in [0.2, 0.25) is 0 Å². The summed E-state index contributed by atoms with van der Waals surface area (Å²) in [5.74, 6) is 0.925. The number of nitrogens with one attached hydrogen (secondary N) is 2. The summed E-state index contributed by atoms with van der Waals surface area (Å²) in [6, 6.07) is 5.84. The summed E-state index contributed by atoms with van der Waals surface area (Å²) < 4.78 is 0. The van der Waals surface area contributed by atoms with Gasteiger partial charge in [0.05, 0.1) is 7.05 Å². The number of pyridine rings is 1. The van der Waals surface area contributed by atoms with Gasteiger partial charge in [-0.15, -0.1) is 0 Å². The highest BCUT2D eigenvalue weighted by atomic mass is 32.1. The minimum atomic E-state index is 0.0435. The molecule has 1 aliphatic heterocycles. The summed E-state index contributed by atoms with van der Waals surface area (Å²) >= 11 is 5.18. The van der Waals surface area contributed by atoms with E-state index in [-0.39, 0.29) is 5.50 Å². The lowest BCUT2D eigenvalue weighted by atomic mass is 10.4. The summed E-state index contributed by atoms with van der Waals surface area (Å²) in [7, 11) is 2.06. The van der Waals surface area contributed by atoms with Gasteiger partial charge in [0.2, 0.25) is 0 Å². The number of hydrogen-bond acceptors (Lipinski definition) is 4. The SMILES string of the molecule is C[NH+]1CN(c2ccccn2)NC1[S-]. The van der Waals surface area contributed by atoms with Gasteiger partial charge in [0.1, 0.15) is 5.82 Å². The average molecular weight is 196 g/mol. The van der Waals surface area contributed by atoms with Crippen molar-refractivity contribution >= 4 is 18.4 Å². The lowest BCUT2D eigenvalue weighted by Crippen LogP contribution is -3.11. The Hall–Kier alpha value is -0.780. The van der Waals surface area contributed by atoms with Crippen molar-refractivity contribution in [3.05, 3.63) is 24.4 Å². The Morgan fingerprint density at radius 3 is 3.08 bits per heavy atom. The van der Waals surface area contributed by atoms with Gasteiger partial charge in [-0.1, -0.05) is 6.07 Å². The molecule has 70 valence electrons. The molecule has 5 heteroatoms. The molecule has 0 radical (unpaired) electrons. The Bertz CT molecular complexity index is 269. The Kier molecular flexibility index (Phi) is 2.39. The van der Waals surface area contributed by atoms with Crippen LogP contribution < -0.4 is 15.3 Å². The first-order chi connectivity index (χ1) is 6.27. The van der Waals surface area contributed by atoms with Crippen LogP contribution in [0.5, 0.6) is 0 Å². The van der Waals surface area contributed by atoms with Crippen LogP contribution in [-0.4, -0.2) is 24.2 Å². The van der Waals surface area contributed by atoms with E-state index in [4.69, 9.17) is 12.6 Å². The topological polar surface area (TPSA) is 32.6 Å². The molecule has 0 amide bonds. The minimum absolute atomic E-state index is 0.0435. The van der Waals surface area contributed by atoms with Gasteiger partial charge in [-0.3, -0.25) is 0 Å². The number of hydrogen-bond donors (Lipinski definition) is 2. The monoisotopic (exact) mass is 196 g/mol. The molecule has 1 fully saturated rings. The molecule has 2 unspecified atom stereocenters. The van der Waals surface area contributed by atoms with Crippen LogP contribution in [0.3, 0.4) is 0 Å². The highest BCUT2D eigenvalue weighted by Crippen LogP contribution is 2.06. The third-order valence-corrected chi connectivity index (χ3v) is 2.56. The van der Waals surface area contributed by atoms with Crippen LogP contribution in [-0.2, 0) is 12.6 Å². The fourth-order valence-electron chi connectivity index (χ4n) is 1.29. The molecule has 1 saturated heterocycles. The minimum Gasteiger partial charge on any atom is -0.709 e. The van der Waals surface area contributed by atoms with Gasteiger partial charge in [0.25, 0.3) is 0 Å². The molecule has 4 nitrogen and oxygen atoms in total. The largest absolute Gasteiger partial charge is 0.709 e. The zero-order valence-electron chi connectivity index (χ0n) is 7.40. The number of rotatable bonds is 1. The predicted molar refractivity (Wildman–Crippen MR) is 52.8 cm³/mol. The van der Waals surface area contributed by atoms with Crippen LogP contribution in [0.4, 0.5) is 5.82 Å². The third-order valence-electron chi connectivity index (χ3n) is 2.05. The summed E-state index contributed by atoms with van der Waals surface area (Å²) in [6.07, 6.45) is 1.78. The first-order valence-electron chi connectivity index (χ1n) is 4.20. The standard InChI is InChI=1S/C8H12N4S/c1-11-6-12(10-8(11)13)7-4-2-3-5-9-7/h2-5,8,10,13H,6H2,1H3. The molecule has 2 N–H and O–H groups in total. The Balaban J connectivity index is 2.12. The van der Waals surface area contributed by atoms with Crippen molar-refractivity contribution < 1.29 is 4.90 Å². The molecule has 2 atom stereocenters. The second-order valence-electron chi connectivity index (χ2n) is 3.13. The van der Waals surface area contributed by atoms with Gasteiger partial charge in [-0.25, -0.2) is 9.99 Å². The van der Waals surface area contributed by atoms with Gasteiger partial charge in [0.15, 0.2) is 6.67 Å². The van der Waals surface area contributed by atoms with Gasteiger partial charge in [-0.2, -0.15) is 5.43 Å². The molecule has 0 aliphatic carbocycles. The van der Waals surface area contributed by atoms with E-state index in [1.54, 1.807) is 6.20 Å². The van der Waals surface area contributed by atoms with E-state index in [0.717, 1.165) is 12.5 Å². The van der Waals surface area contributed by atoms with Crippen LogP contribution in [0, 0.1) is 0 Å². The lowest BCUT2D eigenvalue weighted by molar-refractivity contribution is -0.877. The maximum atomic E-state index is 5.18. The number of quaternary nitrogens is 1. The van der Waals surface area contributed by atoms with Crippen molar-refractivity contribution in [1.82, 2.24) is 10.4 Å². The fourth-order valence-corrected chi connectivity index (χ4v) is 1.49. The quantitative estimate of drug-likeness (QED) is 0.547. The molecule has 0 bridgehead atoms. The van der Waals surface area contributed by atoms with Crippen LogP contribution in [0.25, 0.3) is 0 Å². The molecular formula is C8H12N4S. The van der Waals surface area contributed by atoms with E-state index in [9.17, 15) is 0 Å². The molecule has 0 aromatic carbocycles. The van der Waals surface area contributed by atoms with Gasteiger partial charge < -0.3 is 17.5 Å². The summed E-state index contributed by atoms with van der Waals surface area (Å²) in [5.41, 5.74) is 3.21. The molecule has 0 spiro atoms. The molecule has 1 aliphatic rings. The van der Waals surface area contributed by atoms with Crippen molar-refractivity contribution in [2.24, 2.45) is 0 Å². The van der Waals surface area contributed by atoms with Gasteiger partial charge in [-0.05, 0) is 12.1 Å². The summed E-state index contributed by atoms with van der Waals surface area (Å²) in [6.45, 7) is 0.852. The number of hydrazine groups is 1. The molecule has 2 heterocycles. The summed E-state index contributed by atoms with van der Waals surface area (Å²) in [4.78, 5) is 5.50. The molecule has 13 heavy (non-hydrogen) atoms.